The number of nitrogens with zero attached hydrogens (tertiary/aromatic N) is 1. The normalized spacial score (nSPS) is 11.5. The Morgan fingerprint density at radius 2 is 1.80 bits per heavy atom. The first-order chi connectivity index (χ1) is 16.7. The zero-order valence-electron chi connectivity index (χ0n) is 20.3. The lowest BCUT2D eigenvalue weighted by molar-refractivity contribution is -0.384. The number of non-ortho nitro benzene ring substituents is 1. The van der Waals surface area contributed by atoms with E-state index in [9.17, 15) is 14.9 Å². The number of carbonyl (C=O) groups excluding carboxylic acids is 1. The zero-order chi connectivity index (χ0) is 25.3. The summed E-state index contributed by atoms with van der Waals surface area (Å²) in [6.07, 6.45) is 3.20. The quantitative estimate of drug-likeness (QED) is 0.186. The van der Waals surface area contributed by atoms with Gasteiger partial charge in [-0.1, -0.05) is 35.9 Å². The maximum absolute atomic E-state index is 12.8. The van der Waals surface area contributed by atoms with Gasteiger partial charge in [0, 0.05) is 40.3 Å². The first-order valence-electron chi connectivity index (χ1n) is 11.1. The predicted molar refractivity (Wildman–Crippen MR) is 138 cm³/mol. The number of allylic oxidation sites excluding steroid dienone is 1. The number of aryl methyl sites for hydroxylation is 3. The van der Waals surface area contributed by atoms with E-state index in [0.29, 0.717) is 17.0 Å². The number of nitrogens with one attached hydrogen (secondary N) is 1. The van der Waals surface area contributed by atoms with Crippen molar-refractivity contribution in [3.63, 3.8) is 0 Å². The lowest BCUT2D eigenvalue weighted by Gasteiger charge is -2.13. The van der Waals surface area contributed by atoms with E-state index >= 15 is 0 Å². The number of anilines is 1. The van der Waals surface area contributed by atoms with Crippen LogP contribution in [0, 0.1) is 30.9 Å². The van der Waals surface area contributed by atoms with Gasteiger partial charge in [0.2, 0.25) is 5.91 Å². The molecule has 0 aliphatic rings. The number of carbonyl (C=O) groups is 1. The molecule has 0 atom stereocenters. The summed E-state index contributed by atoms with van der Waals surface area (Å²) in [6, 6.07) is 14.5. The Morgan fingerprint density at radius 1 is 1.09 bits per heavy atom. The third-order valence-electron chi connectivity index (χ3n) is 6.07. The van der Waals surface area contributed by atoms with Crippen molar-refractivity contribution >= 4 is 33.8 Å². The third kappa shape index (κ3) is 4.66. The van der Waals surface area contributed by atoms with E-state index in [4.69, 9.17) is 9.15 Å². The van der Waals surface area contributed by atoms with Gasteiger partial charge in [-0.25, -0.2) is 0 Å². The maximum atomic E-state index is 12.8. The van der Waals surface area contributed by atoms with Crippen molar-refractivity contribution in [1.82, 2.24) is 0 Å². The molecule has 7 heteroatoms. The second kappa shape index (κ2) is 9.46. The summed E-state index contributed by atoms with van der Waals surface area (Å²) >= 11 is 0. The Morgan fingerprint density at radius 3 is 2.46 bits per heavy atom. The summed E-state index contributed by atoms with van der Waals surface area (Å²) in [5, 5.41) is 14.8. The number of rotatable bonds is 6. The van der Waals surface area contributed by atoms with Crippen LogP contribution in [0.4, 0.5) is 11.4 Å². The summed E-state index contributed by atoms with van der Waals surface area (Å²) in [7, 11) is 1.58. The van der Waals surface area contributed by atoms with Gasteiger partial charge in [0.1, 0.15) is 11.3 Å². The molecular weight excluding hydrogens is 444 g/mol. The molecule has 0 fully saturated rings. The zero-order valence-corrected chi connectivity index (χ0v) is 20.3. The number of hydrogen-bond acceptors (Lipinski definition) is 5. The van der Waals surface area contributed by atoms with Crippen LogP contribution in [0.5, 0.6) is 5.75 Å². The fourth-order valence-electron chi connectivity index (χ4n) is 4.13. The second-order valence-electron chi connectivity index (χ2n) is 8.55. The van der Waals surface area contributed by atoms with E-state index in [-0.39, 0.29) is 5.69 Å². The number of amides is 1. The molecule has 4 aromatic rings. The molecular formula is C28H26N2O5. The van der Waals surface area contributed by atoms with Crippen molar-refractivity contribution in [2.24, 2.45) is 0 Å². The highest BCUT2D eigenvalue weighted by atomic mass is 16.6. The van der Waals surface area contributed by atoms with Crippen LogP contribution in [0.1, 0.15) is 29.2 Å². The van der Waals surface area contributed by atoms with Gasteiger partial charge < -0.3 is 14.5 Å². The molecule has 1 heterocycles. The van der Waals surface area contributed by atoms with Crippen molar-refractivity contribution in [3.8, 4) is 16.9 Å². The Bertz CT molecular complexity index is 1480. The van der Waals surface area contributed by atoms with E-state index < -0.39 is 10.8 Å². The summed E-state index contributed by atoms with van der Waals surface area (Å²) in [5.41, 5.74) is 7.20. The lowest BCUT2D eigenvalue weighted by Crippen LogP contribution is -2.10. The van der Waals surface area contributed by atoms with Crippen molar-refractivity contribution in [2.75, 3.05) is 12.4 Å². The van der Waals surface area contributed by atoms with Gasteiger partial charge in [-0.2, -0.15) is 0 Å². The van der Waals surface area contributed by atoms with Crippen LogP contribution in [-0.2, 0) is 4.79 Å². The average molecular weight is 471 g/mol. The molecule has 0 aliphatic carbocycles. The predicted octanol–water partition coefficient (Wildman–Crippen LogP) is 6.98. The number of fused-ring (bicyclic) bond motifs is 1. The van der Waals surface area contributed by atoms with Crippen LogP contribution in [-0.4, -0.2) is 17.9 Å². The molecule has 1 N–H and O–H groups in total. The highest BCUT2D eigenvalue weighted by Crippen LogP contribution is 2.40. The fraction of sp³-hybridized carbons (Fsp3) is 0.179. The minimum absolute atomic E-state index is 0.0852. The van der Waals surface area contributed by atoms with Crippen LogP contribution in [0.3, 0.4) is 0 Å². The van der Waals surface area contributed by atoms with Gasteiger partial charge in [-0.05, 0) is 50.5 Å². The molecule has 7 nitrogen and oxygen atoms in total. The minimum atomic E-state index is -0.490. The smallest absolute Gasteiger partial charge is 0.271 e. The van der Waals surface area contributed by atoms with Gasteiger partial charge in [0.15, 0.2) is 0 Å². The molecule has 0 saturated heterocycles. The Kier molecular flexibility index (Phi) is 6.42. The molecule has 1 amide bonds. The maximum Gasteiger partial charge on any atom is 0.271 e. The van der Waals surface area contributed by atoms with Gasteiger partial charge in [0.05, 0.1) is 24.0 Å². The Labute approximate surface area is 203 Å². The van der Waals surface area contributed by atoms with E-state index in [1.165, 1.54) is 23.8 Å². The molecule has 0 spiro atoms. The first kappa shape index (κ1) is 23.8. The number of methoxy groups -OCH3 is 1. The molecule has 0 aliphatic heterocycles. The second-order valence-corrected chi connectivity index (χ2v) is 8.55. The Hall–Kier alpha value is -4.39. The lowest BCUT2D eigenvalue weighted by atomic mass is 9.96. The third-order valence-corrected chi connectivity index (χ3v) is 6.07. The van der Waals surface area contributed by atoms with E-state index in [1.807, 2.05) is 26.8 Å². The molecule has 1 aromatic heterocycles. The summed E-state index contributed by atoms with van der Waals surface area (Å²) in [4.78, 5) is 23.4. The van der Waals surface area contributed by atoms with Crippen molar-refractivity contribution in [2.45, 2.75) is 27.7 Å². The molecule has 0 saturated carbocycles. The SMILES string of the molecule is COc1c(/C(C)=C/C(=O)Nc2cc([N+](=O)[O-])ccc2C)cc2c(-c3ccc(C)cc3)coc2c1C. The standard InChI is InChI=1S/C28H26N2O5/c1-16-6-9-20(10-7-16)24-15-35-28-19(4)27(34-5)22(14-23(24)28)18(3)12-26(31)29-25-13-21(30(32)33)11-8-17(25)2/h6-15H,1-5H3,(H,29,31)/b18-12+. The van der Waals surface area contributed by atoms with Crippen LogP contribution < -0.4 is 10.1 Å². The van der Waals surface area contributed by atoms with Gasteiger partial charge in [-0.3, -0.25) is 14.9 Å². The number of nitro benzene ring substituents is 1. The van der Waals surface area contributed by atoms with Gasteiger partial charge in [-0.15, -0.1) is 0 Å². The summed E-state index contributed by atoms with van der Waals surface area (Å²) in [5.74, 6) is 0.229. The summed E-state index contributed by atoms with van der Waals surface area (Å²) < 4.78 is 11.6. The number of furan rings is 1. The average Bonchev–Trinajstić information content (AvgIpc) is 3.25. The molecule has 0 radical (unpaired) electrons. The fourth-order valence-corrected chi connectivity index (χ4v) is 4.13. The van der Waals surface area contributed by atoms with Crippen molar-refractivity contribution in [3.05, 3.63) is 93.2 Å². The molecule has 35 heavy (non-hydrogen) atoms. The number of benzene rings is 3. The van der Waals surface area contributed by atoms with Crippen LogP contribution in [0.25, 0.3) is 27.7 Å². The van der Waals surface area contributed by atoms with Crippen LogP contribution in [0.2, 0.25) is 0 Å². The van der Waals surface area contributed by atoms with Gasteiger partial charge >= 0.3 is 0 Å². The van der Waals surface area contributed by atoms with Crippen molar-refractivity contribution in [1.29, 1.82) is 0 Å². The molecule has 4 rings (SSSR count). The number of nitro groups is 1. The first-order valence-corrected chi connectivity index (χ1v) is 11.1. The van der Waals surface area contributed by atoms with Crippen molar-refractivity contribution < 1.29 is 18.9 Å². The largest absolute Gasteiger partial charge is 0.496 e. The molecule has 0 bridgehead atoms. The minimum Gasteiger partial charge on any atom is -0.496 e. The van der Waals surface area contributed by atoms with Crippen LogP contribution >= 0.6 is 0 Å². The number of hydrogen-bond donors (Lipinski definition) is 1. The topological polar surface area (TPSA) is 94.6 Å². The van der Waals surface area contributed by atoms with E-state index in [1.54, 1.807) is 26.4 Å². The van der Waals surface area contributed by atoms with E-state index in [0.717, 1.165) is 38.8 Å². The highest BCUT2D eigenvalue weighted by Gasteiger charge is 2.19. The van der Waals surface area contributed by atoms with E-state index in [2.05, 4.69) is 29.6 Å². The highest BCUT2D eigenvalue weighted by molar-refractivity contribution is 6.06. The molecule has 0 unspecified atom stereocenters. The van der Waals surface area contributed by atoms with Crippen LogP contribution in [0.15, 0.2) is 65.3 Å². The molecule has 178 valence electrons. The van der Waals surface area contributed by atoms with Gasteiger partial charge in [0.25, 0.3) is 5.69 Å². The summed E-state index contributed by atoms with van der Waals surface area (Å²) in [6.45, 7) is 7.57. The molecule has 3 aromatic carbocycles. The number of ether oxygens (including phenoxy) is 1. The Balaban J connectivity index is 1.74. The monoisotopic (exact) mass is 470 g/mol.